The van der Waals surface area contributed by atoms with Crippen molar-refractivity contribution < 1.29 is 9.53 Å². The van der Waals surface area contributed by atoms with Gasteiger partial charge in [0.05, 0.1) is 12.8 Å². The highest BCUT2D eigenvalue weighted by Crippen LogP contribution is 2.31. The van der Waals surface area contributed by atoms with Crippen molar-refractivity contribution >= 4 is 29.0 Å². The standard InChI is InChI=1S/C19H23ClN2O2/c1-12-10-16(17(24-5)11-15(12)20)22-18(23)21-14-8-6-13(7-9-14)19(2,3)4/h6-11H,1-5H3,(H2,21,22,23). The maximum Gasteiger partial charge on any atom is 0.323 e. The molecule has 2 aromatic carbocycles. The number of benzene rings is 2. The van der Waals surface area contributed by atoms with Crippen molar-refractivity contribution in [3.05, 3.63) is 52.5 Å². The molecule has 4 nitrogen and oxygen atoms in total. The second kappa shape index (κ2) is 7.14. The predicted octanol–water partition coefficient (Wildman–Crippen LogP) is 5.60. The molecule has 0 atom stereocenters. The molecule has 0 unspecified atom stereocenters. The fraction of sp³-hybridized carbons (Fsp3) is 0.316. The van der Waals surface area contributed by atoms with E-state index in [-0.39, 0.29) is 11.4 Å². The number of carbonyl (C=O) groups is 1. The molecule has 128 valence electrons. The van der Waals surface area contributed by atoms with Crippen molar-refractivity contribution in [2.45, 2.75) is 33.1 Å². The number of methoxy groups -OCH3 is 1. The van der Waals surface area contributed by atoms with Crippen LogP contribution in [-0.4, -0.2) is 13.1 Å². The summed E-state index contributed by atoms with van der Waals surface area (Å²) in [6.45, 7) is 8.32. The number of nitrogens with one attached hydrogen (secondary N) is 2. The topological polar surface area (TPSA) is 50.4 Å². The van der Waals surface area contributed by atoms with Gasteiger partial charge in [0.1, 0.15) is 5.75 Å². The van der Waals surface area contributed by atoms with Gasteiger partial charge in [0, 0.05) is 16.8 Å². The van der Waals surface area contributed by atoms with Gasteiger partial charge in [0.2, 0.25) is 0 Å². The van der Waals surface area contributed by atoms with Crippen LogP contribution < -0.4 is 15.4 Å². The summed E-state index contributed by atoms with van der Waals surface area (Å²) >= 11 is 6.07. The minimum atomic E-state index is -0.335. The molecule has 0 fully saturated rings. The molecule has 0 aromatic heterocycles. The zero-order valence-electron chi connectivity index (χ0n) is 14.7. The third-order valence-electron chi connectivity index (χ3n) is 3.74. The van der Waals surface area contributed by atoms with Crippen molar-refractivity contribution in [3.8, 4) is 5.75 Å². The summed E-state index contributed by atoms with van der Waals surface area (Å²) in [5, 5.41) is 6.20. The number of rotatable bonds is 3. The lowest BCUT2D eigenvalue weighted by molar-refractivity contribution is 0.262. The number of halogens is 1. The molecular formula is C19H23ClN2O2. The molecule has 0 aliphatic rings. The molecule has 0 aliphatic heterocycles. The van der Waals surface area contributed by atoms with E-state index >= 15 is 0 Å². The molecule has 2 rings (SSSR count). The van der Waals surface area contributed by atoms with Crippen molar-refractivity contribution in [2.24, 2.45) is 0 Å². The van der Waals surface area contributed by atoms with Crippen LogP contribution in [0, 0.1) is 6.92 Å². The van der Waals surface area contributed by atoms with Gasteiger partial charge in [-0.3, -0.25) is 0 Å². The fourth-order valence-corrected chi connectivity index (χ4v) is 2.42. The highest BCUT2D eigenvalue weighted by molar-refractivity contribution is 6.31. The first-order valence-corrected chi connectivity index (χ1v) is 8.11. The lowest BCUT2D eigenvalue weighted by Gasteiger charge is -2.19. The monoisotopic (exact) mass is 346 g/mol. The van der Waals surface area contributed by atoms with Gasteiger partial charge in [-0.05, 0) is 41.7 Å². The Labute approximate surface area is 148 Å². The van der Waals surface area contributed by atoms with Crippen LogP contribution in [0.3, 0.4) is 0 Å². The highest BCUT2D eigenvalue weighted by Gasteiger charge is 2.14. The first kappa shape index (κ1) is 18.1. The van der Waals surface area contributed by atoms with E-state index in [0.717, 1.165) is 11.3 Å². The molecule has 5 heteroatoms. The van der Waals surface area contributed by atoms with Gasteiger partial charge in [-0.15, -0.1) is 0 Å². The van der Waals surface area contributed by atoms with Crippen LogP contribution >= 0.6 is 11.6 Å². The van der Waals surface area contributed by atoms with Crippen LogP contribution in [-0.2, 0) is 5.41 Å². The molecule has 2 aromatic rings. The number of urea groups is 1. The largest absolute Gasteiger partial charge is 0.495 e. The van der Waals surface area contributed by atoms with E-state index in [1.807, 2.05) is 31.2 Å². The Hall–Kier alpha value is -2.20. The Morgan fingerprint density at radius 2 is 1.71 bits per heavy atom. The zero-order valence-corrected chi connectivity index (χ0v) is 15.4. The minimum Gasteiger partial charge on any atom is -0.495 e. The van der Waals surface area contributed by atoms with Gasteiger partial charge in [-0.1, -0.05) is 44.5 Å². The van der Waals surface area contributed by atoms with Crippen molar-refractivity contribution in [1.82, 2.24) is 0 Å². The van der Waals surface area contributed by atoms with Crippen LogP contribution in [0.2, 0.25) is 5.02 Å². The number of anilines is 2. The summed E-state index contributed by atoms with van der Waals surface area (Å²) < 4.78 is 5.26. The van der Waals surface area contributed by atoms with Crippen LogP contribution in [0.25, 0.3) is 0 Å². The molecule has 0 saturated heterocycles. The SMILES string of the molecule is COc1cc(Cl)c(C)cc1NC(=O)Nc1ccc(C(C)(C)C)cc1. The maximum absolute atomic E-state index is 12.2. The minimum absolute atomic E-state index is 0.0784. The van der Waals surface area contributed by atoms with Gasteiger partial charge in [-0.25, -0.2) is 4.79 Å². The van der Waals surface area contributed by atoms with Crippen LogP contribution in [0.1, 0.15) is 31.9 Å². The number of carbonyl (C=O) groups excluding carboxylic acids is 1. The van der Waals surface area contributed by atoms with Crippen molar-refractivity contribution in [2.75, 3.05) is 17.7 Å². The normalized spacial score (nSPS) is 11.1. The Bertz CT molecular complexity index is 734. The Balaban J connectivity index is 2.10. The summed E-state index contributed by atoms with van der Waals surface area (Å²) in [6.07, 6.45) is 0. The summed E-state index contributed by atoms with van der Waals surface area (Å²) in [5.74, 6) is 0.517. The molecule has 0 saturated carbocycles. The molecular weight excluding hydrogens is 324 g/mol. The molecule has 2 N–H and O–H groups in total. The summed E-state index contributed by atoms with van der Waals surface area (Å²) in [7, 11) is 1.54. The highest BCUT2D eigenvalue weighted by atomic mass is 35.5. The number of ether oxygens (including phenoxy) is 1. The van der Waals surface area contributed by atoms with E-state index in [4.69, 9.17) is 16.3 Å². The molecule has 0 bridgehead atoms. The summed E-state index contributed by atoms with van der Waals surface area (Å²) in [4.78, 5) is 12.2. The molecule has 2 amide bonds. The third kappa shape index (κ3) is 4.42. The summed E-state index contributed by atoms with van der Waals surface area (Å²) in [5.41, 5.74) is 3.45. The number of hydrogen-bond acceptors (Lipinski definition) is 2. The van der Waals surface area contributed by atoms with Gasteiger partial charge in [0.15, 0.2) is 0 Å². The Morgan fingerprint density at radius 3 is 2.25 bits per heavy atom. The summed E-state index contributed by atoms with van der Waals surface area (Å²) in [6, 6.07) is 11.0. The number of hydrogen-bond donors (Lipinski definition) is 2. The fourth-order valence-electron chi connectivity index (χ4n) is 2.27. The second-order valence-electron chi connectivity index (χ2n) is 6.71. The van der Waals surface area contributed by atoms with Gasteiger partial charge >= 0.3 is 6.03 Å². The average molecular weight is 347 g/mol. The molecule has 0 heterocycles. The maximum atomic E-state index is 12.2. The predicted molar refractivity (Wildman–Crippen MR) is 101 cm³/mol. The van der Waals surface area contributed by atoms with Gasteiger partial charge < -0.3 is 15.4 Å². The van der Waals surface area contributed by atoms with E-state index in [9.17, 15) is 4.79 Å². The smallest absolute Gasteiger partial charge is 0.323 e. The van der Waals surface area contributed by atoms with Crippen molar-refractivity contribution in [3.63, 3.8) is 0 Å². The lowest BCUT2D eigenvalue weighted by atomic mass is 9.87. The molecule has 24 heavy (non-hydrogen) atoms. The van der Waals surface area contributed by atoms with Gasteiger partial charge in [-0.2, -0.15) is 0 Å². The van der Waals surface area contributed by atoms with E-state index in [2.05, 4.69) is 31.4 Å². The first-order chi connectivity index (χ1) is 11.2. The van der Waals surface area contributed by atoms with Crippen LogP contribution in [0.15, 0.2) is 36.4 Å². The first-order valence-electron chi connectivity index (χ1n) is 7.73. The molecule has 0 radical (unpaired) electrons. The van der Waals surface area contributed by atoms with E-state index in [1.165, 1.54) is 12.7 Å². The molecule has 0 spiro atoms. The number of amides is 2. The van der Waals surface area contributed by atoms with E-state index in [1.54, 1.807) is 12.1 Å². The Morgan fingerprint density at radius 1 is 1.08 bits per heavy atom. The van der Waals surface area contributed by atoms with Crippen LogP contribution in [0.4, 0.5) is 16.2 Å². The Kier molecular flexibility index (Phi) is 5.40. The van der Waals surface area contributed by atoms with Crippen molar-refractivity contribution in [1.29, 1.82) is 0 Å². The quantitative estimate of drug-likeness (QED) is 0.760. The number of aryl methyl sites for hydroxylation is 1. The zero-order chi connectivity index (χ0) is 17.9. The lowest BCUT2D eigenvalue weighted by Crippen LogP contribution is -2.20. The second-order valence-corrected chi connectivity index (χ2v) is 7.12. The van der Waals surface area contributed by atoms with Gasteiger partial charge in [0.25, 0.3) is 0 Å². The van der Waals surface area contributed by atoms with E-state index < -0.39 is 0 Å². The average Bonchev–Trinajstić information content (AvgIpc) is 2.50. The van der Waals surface area contributed by atoms with E-state index in [0.29, 0.717) is 16.5 Å². The molecule has 0 aliphatic carbocycles. The van der Waals surface area contributed by atoms with Crippen LogP contribution in [0.5, 0.6) is 5.75 Å². The third-order valence-corrected chi connectivity index (χ3v) is 4.14.